The third-order valence-electron chi connectivity index (χ3n) is 4.25. The maximum Gasteiger partial charge on any atom is 0.329 e. The van der Waals surface area contributed by atoms with Gasteiger partial charge in [0.15, 0.2) is 5.69 Å². The Morgan fingerprint density at radius 1 is 1.32 bits per heavy atom. The lowest BCUT2D eigenvalue weighted by Crippen LogP contribution is -2.52. The van der Waals surface area contributed by atoms with Crippen molar-refractivity contribution in [3.05, 3.63) is 46.3 Å². The van der Waals surface area contributed by atoms with Gasteiger partial charge in [0, 0.05) is 12.1 Å². The van der Waals surface area contributed by atoms with Crippen molar-refractivity contribution >= 4 is 17.6 Å². The molecule has 0 aliphatic heterocycles. The summed E-state index contributed by atoms with van der Waals surface area (Å²) in [5.74, 6) is -1.70. The molecule has 130 valence electrons. The summed E-state index contributed by atoms with van der Waals surface area (Å²) in [5, 5.41) is 30.3. The quantitative estimate of drug-likeness (QED) is 0.614. The summed E-state index contributed by atoms with van der Waals surface area (Å²) in [6.45, 7) is 0. The van der Waals surface area contributed by atoms with E-state index in [9.17, 15) is 24.8 Å². The Labute approximate surface area is 141 Å². The Balaban J connectivity index is 1.81. The van der Waals surface area contributed by atoms with Gasteiger partial charge in [0.2, 0.25) is 0 Å². The first-order valence-corrected chi connectivity index (χ1v) is 7.64. The number of aliphatic carboxylic acids is 1. The highest BCUT2D eigenvalue weighted by Crippen LogP contribution is 2.30. The van der Waals surface area contributed by atoms with E-state index in [2.05, 4.69) is 15.6 Å². The normalized spacial score (nSPS) is 15.7. The van der Waals surface area contributed by atoms with Crippen LogP contribution >= 0.6 is 0 Å². The first kappa shape index (κ1) is 16.6. The lowest BCUT2D eigenvalue weighted by molar-refractivity contribution is -0.384. The van der Waals surface area contributed by atoms with Gasteiger partial charge in [0.1, 0.15) is 5.54 Å². The molecular weight excluding hydrogens is 330 g/mol. The molecule has 10 heteroatoms. The summed E-state index contributed by atoms with van der Waals surface area (Å²) in [6.07, 6.45) is 3.50. The van der Waals surface area contributed by atoms with E-state index in [1.165, 1.54) is 29.1 Å². The van der Waals surface area contributed by atoms with Crippen molar-refractivity contribution in [1.29, 1.82) is 0 Å². The third kappa shape index (κ3) is 3.18. The molecule has 0 saturated heterocycles. The van der Waals surface area contributed by atoms with Crippen molar-refractivity contribution in [3.63, 3.8) is 0 Å². The molecule has 25 heavy (non-hydrogen) atoms. The van der Waals surface area contributed by atoms with Crippen molar-refractivity contribution in [1.82, 2.24) is 20.3 Å². The molecule has 1 heterocycles. The van der Waals surface area contributed by atoms with Crippen LogP contribution in [0, 0.1) is 10.1 Å². The van der Waals surface area contributed by atoms with E-state index in [0.717, 1.165) is 12.8 Å². The summed E-state index contributed by atoms with van der Waals surface area (Å²) >= 11 is 0. The van der Waals surface area contributed by atoms with Crippen LogP contribution in [0.15, 0.2) is 30.5 Å². The second-order valence-electron chi connectivity index (χ2n) is 5.87. The van der Waals surface area contributed by atoms with E-state index in [0.29, 0.717) is 18.5 Å². The van der Waals surface area contributed by atoms with E-state index in [1.807, 2.05) is 0 Å². The summed E-state index contributed by atoms with van der Waals surface area (Å²) in [4.78, 5) is 34.1. The molecular formula is C15H15N5O5. The predicted octanol–water partition coefficient (Wildman–Crippen LogP) is 1.30. The molecule has 1 aliphatic carbocycles. The van der Waals surface area contributed by atoms with Crippen LogP contribution in [0.2, 0.25) is 0 Å². The number of aromatic nitrogens is 3. The molecule has 1 aromatic carbocycles. The van der Waals surface area contributed by atoms with Crippen molar-refractivity contribution in [2.75, 3.05) is 0 Å². The Morgan fingerprint density at radius 3 is 2.68 bits per heavy atom. The Hall–Kier alpha value is -3.30. The van der Waals surface area contributed by atoms with Crippen molar-refractivity contribution in [2.24, 2.45) is 0 Å². The number of carboxylic acid groups (broad SMARTS) is 1. The zero-order chi connectivity index (χ0) is 18.0. The highest BCUT2D eigenvalue weighted by molar-refractivity contribution is 5.96. The summed E-state index contributed by atoms with van der Waals surface area (Å²) < 4.78 is 1.23. The van der Waals surface area contributed by atoms with E-state index >= 15 is 0 Å². The smallest absolute Gasteiger partial charge is 0.329 e. The van der Waals surface area contributed by atoms with Gasteiger partial charge >= 0.3 is 5.97 Å². The van der Waals surface area contributed by atoms with Gasteiger partial charge in [-0.3, -0.25) is 14.9 Å². The minimum absolute atomic E-state index is 0.0565. The topological polar surface area (TPSA) is 140 Å². The fraction of sp³-hybridized carbons (Fsp3) is 0.333. The highest BCUT2D eigenvalue weighted by Gasteiger charge is 2.43. The molecule has 0 bridgehead atoms. The average molecular weight is 345 g/mol. The molecule has 1 fully saturated rings. The summed E-state index contributed by atoms with van der Waals surface area (Å²) in [6, 6.07) is 5.71. The van der Waals surface area contributed by atoms with Crippen LogP contribution in [0.5, 0.6) is 0 Å². The number of hydrogen-bond donors (Lipinski definition) is 2. The minimum atomic E-state index is -1.27. The van der Waals surface area contributed by atoms with E-state index < -0.39 is 22.3 Å². The highest BCUT2D eigenvalue weighted by atomic mass is 16.6. The van der Waals surface area contributed by atoms with Crippen molar-refractivity contribution in [2.45, 2.75) is 31.2 Å². The molecule has 1 saturated carbocycles. The van der Waals surface area contributed by atoms with Gasteiger partial charge in [-0.2, -0.15) is 0 Å². The number of carbonyl (C=O) groups excluding carboxylic acids is 1. The number of nitrogens with one attached hydrogen (secondary N) is 1. The molecule has 1 aliphatic rings. The van der Waals surface area contributed by atoms with Crippen LogP contribution in [0.4, 0.5) is 5.69 Å². The molecule has 3 rings (SSSR count). The van der Waals surface area contributed by atoms with Crippen LogP contribution in [-0.4, -0.2) is 42.4 Å². The maximum absolute atomic E-state index is 12.3. The van der Waals surface area contributed by atoms with Crippen molar-refractivity contribution < 1.29 is 19.6 Å². The number of benzene rings is 1. The lowest BCUT2D eigenvalue weighted by Gasteiger charge is -2.24. The number of carboxylic acids is 1. The lowest BCUT2D eigenvalue weighted by atomic mass is 9.98. The van der Waals surface area contributed by atoms with Gasteiger partial charge in [-0.15, -0.1) is 5.10 Å². The molecule has 1 aromatic heterocycles. The molecule has 0 atom stereocenters. The minimum Gasteiger partial charge on any atom is -0.480 e. The second kappa shape index (κ2) is 6.30. The largest absolute Gasteiger partial charge is 0.480 e. The maximum atomic E-state index is 12.3. The third-order valence-corrected chi connectivity index (χ3v) is 4.25. The SMILES string of the molecule is O=C(NC1(C(=O)O)CCCC1)c1cn(-c2cccc([N+](=O)[O-])c2)nn1. The first-order chi connectivity index (χ1) is 11.9. The molecule has 0 radical (unpaired) electrons. The molecule has 0 spiro atoms. The number of nitrogens with zero attached hydrogens (tertiary/aromatic N) is 4. The van der Waals surface area contributed by atoms with Crippen LogP contribution in [-0.2, 0) is 4.79 Å². The molecule has 0 unspecified atom stereocenters. The fourth-order valence-corrected chi connectivity index (χ4v) is 2.90. The zero-order valence-corrected chi connectivity index (χ0v) is 13.1. The number of nitro groups is 1. The van der Waals surface area contributed by atoms with Gasteiger partial charge in [-0.25, -0.2) is 9.48 Å². The number of amides is 1. The number of nitro benzene ring substituents is 1. The number of hydrogen-bond acceptors (Lipinski definition) is 6. The number of rotatable bonds is 5. The number of carbonyl (C=O) groups is 2. The molecule has 2 N–H and O–H groups in total. The second-order valence-corrected chi connectivity index (χ2v) is 5.87. The van der Waals surface area contributed by atoms with Gasteiger partial charge in [-0.05, 0) is 18.9 Å². The predicted molar refractivity (Wildman–Crippen MR) is 84.3 cm³/mol. The van der Waals surface area contributed by atoms with Crippen molar-refractivity contribution in [3.8, 4) is 5.69 Å². The summed E-state index contributed by atoms with van der Waals surface area (Å²) in [5.41, 5.74) is -1.07. The monoisotopic (exact) mass is 345 g/mol. The Bertz CT molecular complexity index is 840. The number of non-ortho nitro benzene ring substituents is 1. The van der Waals surface area contributed by atoms with E-state index in [4.69, 9.17) is 0 Å². The van der Waals surface area contributed by atoms with Crippen LogP contribution in [0.3, 0.4) is 0 Å². The van der Waals surface area contributed by atoms with E-state index in [1.54, 1.807) is 6.07 Å². The van der Waals surface area contributed by atoms with Crippen LogP contribution < -0.4 is 5.32 Å². The zero-order valence-electron chi connectivity index (χ0n) is 13.1. The van der Waals surface area contributed by atoms with Gasteiger partial charge in [0.05, 0.1) is 16.8 Å². The molecule has 1 amide bonds. The van der Waals surface area contributed by atoms with E-state index in [-0.39, 0.29) is 11.4 Å². The standard InChI is InChI=1S/C15H15N5O5/c21-13(16-15(14(22)23)6-1-2-7-15)12-9-19(18-17-12)10-4-3-5-11(8-10)20(24)25/h3-5,8-9H,1-2,6-7H2,(H,16,21)(H,22,23). The van der Waals surface area contributed by atoms with Gasteiger partial charge in [0.25, 0.3) is 11.6 Å². The molecule has 2 aromatic rings. The Morgan fingerprint density at radius 2 is 2.04 bits per heavy atom. The molecule has 10 nitrogen and oxygen atoms in total. The van der Waals surface area contributed by atoms with Crippen LogP contribution in [0.25, 0.3) is 5.69 Å². The Kier molecular flexibility index (Phi) is 4.17. The first-order valence-electron chi connectivity index (χ1n) is 7.64. The van der Waals surface area contributed by atoms with Crippen LogP contribution in [0.1, 0.15) is 36.2 Å². The average Bonchev–Trinajstić information content (AvgIpc) is 3.25. The summed E-state index contributed by atoms with van der Waals surface area (Å²) in [7, 11) is 0. The van der Waals surface area contributed by atoms with Gasteiger partial charge in [-0.1, -0.05) is 24.1 Å². The fourth-order valence-electron chi connectivity index (χ4n) is 2.90. The van der Waals surface area contributed by atoms with Gasteiger partial charge < -0.3 is 10.4 Å².